The Hall–Kier alpha value is -2.18. The van der Waals surface area contributed by atoms with Crippen molar-refractivity contribution in [3.05, 3.63) is 53.4 Å². The lowest BCUT2D eigenvalue weighted by Gasteiger charge is -2.17. The molecule has 0 radical (unpaired) electrons. The van der Waals surface area contributed by atoms with Crippen molar-refractivity contribution in [2.75, 3.05) is 19.7 Å². The third-order valence-corrected chi connectivity index (χ3v) is 4.17. The Balaban J connectivity index is 1.61. The largest absolute Gasteiger partial charge is 0.396 e. The quantitative estimate of drug-likeness (QED) is 0.867. The number of aryl methyl sites for hydroxylation is 1. The fourth-order valence-electron chi connectivity index (χ4n) is 2.99. The van der Waals surface area contributed by atoms with Gasteiger partial charge in [-0.05, 0) is 12.5 Å². The summed E-state index contributed by atoms with van der Waals surface area (Å²) in [5.41, 5.74) is 1.90. The van der Waals surface area contributed by atoms with Crippen LogP contribution in [0.5, 0.6) is 0 Å². The maximum atomic E-state index is 12.2. The summed E-state index contributed by atoms with van der Waals surface area (Å²) in [6.45, 7) is 4.09. The standard InChI is InChI=1S/C17H21N3O3/c1-12-7-16(23-19-12)17(22)18-15-10-20(9-14(15)11-21)8-13-5-3-2-4-6-13/h2-7,14-15,21H,8-11H2,1H3,(H,18,22)/t14-,15+/m0/s1. The number of likely N-dealkylation sites (tertiary alicyclic amines) is 1. The molecule has 6 heteroatoms. The van der Waals surface area contributed by atoms with Gasteiger partial charge in [0.05, 0.1) is 5.69 Å². The van der Waals surface area contributed by atoms with Gasteiger partial charge in [0.1, 0.15) is 0 Å². The number of nitrogens with one attached hydrogen (secondary N) is 1. The van der Waals surface area contributed by atoms with Gasteiger partial charge in [-0.25, -0.2) is 0 Å². The van der Waals surface area contributed by atoms with Crippen molar-refractivity contribution in [1.82, 2.24) is 15.4 Å². The van der Waals surface area contributed by atoms with E-state index < -0.39 is 0 Å². The highest BCUT2D eigenvalue weighted by Gasteiger charge is 2.33. The molecule has 23 heavy (non-hydrogen) atoms. The number of carbonyl (C=O) groups excluding carboxylic acids is 1. The van der Waals surface area contributed by atoms with E-state index in [1.807, 2.05) is 18.2 Å². The number of carbonyl (C=O) groups is 1. The van der Waals surface area contributed by atoms with Crippen molar-refractivity contribution in [2.45, 2.75) is 19.5 Å². The van der Waals surface area contributed by atoms with E-state index in [0.717, 1.165) is 13.1 Å². The molecule has 0 bridgehead atoms. The molecule has 0 unspecified atom stereocenters. The minimum absolute atomic E-state index is 0.0201. The number of nitrogens with zero attached hydrogens (tertiary/aromatic N) is 2. The lowest BCUT2D eigenvalue weighted by atomic mass is 10.1. The van der Waals surface area contributed by atoms with E-state index in [1.54, 1.807) is 13.0 Å². The molecular weight excluding hydrogens is 294 g/mol. The zero-order valence-corrected chi connectivity index (χ0v) is 13.1. The Kier molecular flexibility index (Phi) is 4.73. The number of aromatic nitrogens is 1. The third kappa shape index (κ3) is 3.78. The average molecular weight is 315 g/mol. The molecule has 1 aromatic heterocycles. The van der Waals surface area contributed by atoms with Gasteiger partial charge in [-0.15, -0.1) is 0 Å². The van der Waals surface area contributed by atoms with Crippen LogP contribution in [0.4, 0.5) is 0 Å². The first-order valence-corrected chi connectivity index (χ1v) is 7.77. The molecule has 6 nitrogen and oxygen atoms in total. The summed E-state index contributed by atoms with van der Waals surface area (Å²) in [4.78, 5) is 14.4. The average Bonchev–Trinajstić information content (AvgIpc) is 3.14. The van der Waals surface area contributed by atoms with Crippen molar-refractivity contribution in [2.24, 2.45) is 5.92 Å². The second-order valence-electron chi connectivity index (χ2n) is 6.03. The molecule has 1 saturated heterocycles. The van der Waals surface area contributed by atoms with Gasteiger partial charge in [-0.3, -0.25) is 9.69 Å². The molecule has 1 aromatic carbocycles. The van der Waals surface area contributed by atoms with Crippen LogP contribution in [0.25, 0.3) is 0 Å². The van der Waals surface area contributed by atoms with Crippen LogP contribution in [0.1, 0.15) is 21.8 Å². The first-order valence-electron chi connectivity index (χ1n) is 7.77. The minimum Gasteiger partial charge on any atom is -0.396 e. The maximum Gasteiger partial charge on any atom is 0.290 e. The van der Waals surface area contributed by atoms with Gasteiger partial charge in [0.15, 0.2) is 0 Å². The SMILES string of the molecule is Cc1cc(C(=O)N[C@@H]2CN(Cc3ccccc3)C[C@H]2CO)on1. The molecule has 0 spiro atoms. The van der Waals surface area contributed by atoms with Crippen LogP contribution in [0, 0.1) is 12.8 Å². The second kappa shape index (κ2) is 6.93. The lowest BCUT2D eigenvalue weighted by molar-refractivity contribution is 0.0883. The van der Waals surface area contributed by atoms with E-state index in [2.05, 4.69) is 27.5 Å². The van der Waals surface area contributed by atoms with Crippen molar-refractivity contribution >= 4 is 5.91 Å². The summed E-state index contributed by atoms with van der Waals surface area (Å²) >= 11 is 0. The van der Waals surface area contributed by atoms with Crippen LogP contribution in [-0.2, 0) is 6.54 Å². The summed E-state index contributed by atoms with van der Waals surface area (Å²) in [7, 11) is 0. The topological polar surface area (TPSA) is 78.6 Å². The fourth-order valence-corrected chi connectivity index (χ4v) is 2.99. The summed E-state index contributed by atoms with van der Waals surface area (Å²) in [5.74, 6) is -0.0528. The molecule has 1 aliphatic rings. The smallest absolute Gasteiger partial charge is 0.290 e. The molecule has 2 heterocycles. The summed E-state index contributed by atoms with van der Waals surface area (Å²) in [5, 5.41) is 16.3. The van der Waals surface area contributed by atoms with Gasteiger partial charge < -0.3 is 14.9 Å². The zero-order valence-electron chi connectivity index (χ0n) is 13.1. The highest BCUT2D eigenvalue weighted by Crippen LogP contribution is 2.19. The monoisotopic (exact) mass is 315 g/mol. The van der Waals surface area contributed by atoms with E-state index in [0.29, 0.717) is 12.2 Å². The van der Waals surface area contributed by atoms with Crippen LogP contribution in [0.3, 0.4) is 0 Å². The number of amides is 1. The molecule has 2 aromatic rings. The number of hydrogen-bond acceptors (Lipinski definition) is 5. The van der Waals surface area contributed by atoms with Crippen molar-refractivity contribution in [3.8, 4) is 0 Å². The zero-order chi connectivity index (χ0) is 16.2. The third-order valence-electron chi connectivity index (χ3n) is 4.17. The van der Waals surface area contributed by atoms with Crippen LogP contribution >= 0.6 is 0 Å². The second-order valence-corrected chi connectivity index (χ2v) is 6.03. The molecule has 122 valence electrons. The van der Waals surface area contributed by atoms with Gasteiger partial charge in [0, 0.05) is 44.3 Å². The number of benzene rings is 1. The van der Waals surface area contributed by atoms with Crippen molar-refractivity contribution < 1.29 is 14.4 Å². The Labute approximate surface area is 135 Å². The van der Waals surface area contributed by atoms with Gasteiger partial charge >= 0.3 is 0 Å². The highest BCUT2D eigenvalue weighted by atomic mass is 16.5. The van der Waals surface area contributed by atoms with E-state index >= 15 is 0 Å². The van der Waals surface area contributed by atoms with E-state index in [9.17, 15) is 9.90 Å². The predicted octanol–water partition coefficient (Wildman–Crippen LogP) is 1.21. The van der Waals surface area contributed by atoms with Gasteiger partial charge in [-0.2, -0.15) is 0 Å². The number of aliphatic hydroxyl groups excluding tert-OH is 1. The Bertz CT molecular complexity index is 656. The van der Waals surface area contributed by atoms with Crippen LogP contribution in [0.2, 0.25) is 0 Å². The van der Waals surface area contributed by atoms with Crippen LogP contribution in [0.15, 0.2) is 40.9 Å². The molecule has 1 amide bonds. The first kappa shape index (κ1) is 15.7. The molecule has 2 N–H and O–H groups in total. The van der Waals surface area contributed by atoms with Crippen LogP contribution < -0.4 is 5.32 Å². The number of rotatable bonds is 5. The Morgan fingerprint density at radius 2 is 2.17 bits per heavy atom. The van der Waals surface area contributed by atoms with Gasteiger partial charge in [0.2, 0.25) is 5.76 Å². The minimum atomic E-state index is -0.282. The highest BCUT2D eigenvalue weighted by molar-refractivity contribution is 5.91. The normalized spacial score (nSPS) is 21.5. The molecule has 1 fully saturated rings. The molecule has 2 atom stereocenters. The summed E-state index contributed by atoms with van der Waals surface area (Å²) in [6, 6.07) is 11.7. The maximum absolute atomic E-state index is 12.2. The first-order chi connectivity index (χ1) is 11.2. The van der Waals surface area contributed by atoms with E-state index in [-0.39, 0.29) is 30.2 Å². The van der Waals surface area contributed by atoms with Gasteiger partial charge in [0.25, 0.3) is 5.91 Å². The Morgan fingerprint density at radius 3 is 2.83 bits per heavy atom. The molecule has 3 rings (SSSR count). The summed E-state index contributed by atoms with van der Waals surface area (Å²) in [6.07, 6.45) is 0. The molecule has 0 aliphatic carbocycles. The molecular formula is C17H21N3O3. The number of aliphatic hydroxyl groups is 1. The molecule has 0 saturated carbocycles. The van der Waals surface area contributed by atoms with Gasteiger partial charge in [-0.1, -0.05) is 35.5 Å². The van der Waals surface area contributed by atoms with Crippen molar-refractivity contribution in [1.29, 1.82) is 0 Å². The number of hydrogen-bond donors (Lipinski definition) is 2. The van der Waals surface area contributed by atoms with E-state index in [1.165, 1.54) is 5.56 Å². The van der Waals surface area contributed by atoms with Crippen molar-refractivity contribution in [3.63, 3.8) is 0 Å². The summed E-state index contributed by atoms with van der Waals surface area (Å²) < 4.78 is 4.99. The fraction of sp³-hybridized carbons (Fsp3) is 0.412. The predicted molar refractivity (Wildman–Crippen MR) is 84.8 cm³/mol. The Morgan fingerprint density at radius 1 is 1.39 bits per heavy atom. The van der Waals surface area contributed by atoms with Crippen LogP contribution in [-0.4, -0.2) is 46.8 Å². The lowest BCUT2D eigenvalue weighted by Crippen LogP contribution is -2.41. The molecule has 1 aliphatic heterocycles. The van der Waals surface area contributed by atoms with E-state index in [4.69, 9.17) is 4.52 Å².